The van der Waals surface area contributed by atoms with E-state index in [9.17, 15) is 9.59 Å². The van der Waals surface area contributed by atoms with Crippen LogP contribution in [0.2, 0.25) is 0 Å². The van der Waals surface area contributed by atoms with E-state index in [4.69, 9.17) is 11.8 Å². The second-order valence-corrected chi connectivity index (χ2v) is 3.15. The Labute approximate surface area is 92.9 Å². The predicted molar refractivity (Wildman–Crippen MR) is 58.5 cm³/mol. The van der Waals surface area contributed by atoms with Crippen LogP contribution in [0.1, 0.15) is 6.92 Å². The van der Waals surface area contributed by atoms with Gasteiger partial charge in [0, 0.05) is 24.4 Å². The Morgan fingerprint density at radius 1 is 1.33 bits per heavy atom. The molecule has 0 aromatic heterocycles. The maximum absolute atomic E-state index is 11.3. The van der Waals surface area contributed by atoms with Gasteiger partial charge >= 0.3 is 0 Å². The van der Waals surface area contributed by atoms with Crippen LogP contribution in [-0.2, 0) is 9.59 Å². The summed E-state index contributed by atoms with van der Waals surface area (Å²) in [5.74, 6) is -0.628. The van der Waals surface area contributed by atoms with E-state index in [1.807, 2.05) is 10.9 Å². The van der Waals surface area contributed by atoms with Crippen LogP contribution in [0, 0.1) is 0 Å². The van der Waals surface area contributed by atoms with Gasteiger partial charge in [-0.25, -0.2) is 0 Å². The largest absolute Gasteiger partial charge is 0.303 e. The molecule has 0 radical (unpaired) electrons. The SMILES string of the molecule is CC(=O)N(CC(=O)NCl)c1ccccc1. The van der Waals surface area contributed by atoms with Crippen molar-refractivity contribution >= 4 is 29.3 Å². The van der Waals surface area contributed by atoms with Crippen molar-refractivity contribution in [3.63, 3.8) is 0 Å². The number of carbonyl (C=O) groups excluding carboxylic acids is 2. The maximum atomic E-state index is 11.3. The van der Waals surface area contributed by atoms with E-state index in [1.54, 1.807) is 24.3 Å². The Bertz CT molecular complexity index is 354. The van der Waals surface area contributed by atoms with Gasteiger partial charge < -0.3 is 4.90 Å². The lowest BCUT2D eigenvalue weighted by molar-refractivity contribution is -0.122. The van der Waals surface area contributed by atoms with E-state index in [-0.39, 0.29) is 12.5 Å². The molecule has 15 heavy (non-hydrogen) atoms. The number of amides is 2. The fourth-order valence-electron chi connectivity index (χ4n) is 1.17. The maximum Gasteiger partial charge on any atom is 0.254 e. The van der Waals surface area contributed by atoms with Crippen LogP contribution in [0.3, 0.4) is 0 Å². The van der Waals surface area contributed by atoms with Crippen molar-refractivity contribution in [1.29, 1.82) is 0 Å². The standard InChI is InChI=1S/C10H11ClN2O2/c1-8(14)13(7-10(15)12-11)9-5-3-2-4-6-9/h2-6H,7H2,1H3,(H,12,15). The summed E-state index contributed by atoms with van der Waals surface area (Å²) in [4.78, 5) is 25.7. The molecule has 1 N–H and O–H groups in total. The quantitative estimate of drug-likeness (QED) is 0.790. The third-order valence-electron chi connectivity index (χ3n) is 1.86. The minimum atomic E-state index is -0.421. The smallest absolute Gasteiger partial charge is 0.254 e. The van der Waals surface area contributed by atoms with Crippen molar-refractivity contribution in [1.82, 2.24) is 4.84 Å². The Hall–Kier alpha value is -1.55. The first-order chi connectivity index (χ1) is 7.15. The highest BCUT2D eigenvalue weighted by Crippen LogP contribution is 2.12. The number of nitrogens with one attached hydrogen (secondary N) is 1. The van der Waals surface area contributed by atoms with E-state index < -0.39 is 5.91 Å². The average Bonchev–Trinajstić information content (AvgIpc) is 2.26. The molecule has 0 aliphatic rings. The molecule has 2 amide bonds. The lowest BCUT2D eigenvalue weighted by Gasteiger charge is -2.19. The fourth-order valence-corrected chi connectivity index (χ4v) is 1.23. The number of carbonyl (C=O) groups is 2. The fraction of sp³-hybridized carbons (Fsp3) is 0.200. The molecule has 0 atom stereocenters. The van der Waals surface area contributed by atoms with Gasteiger partial charge in [0.05, 0.1) is 0 Å². The Balaban J connectivity index is 2.84. The van der Waals surface area contributed by atoms with Gasteiger partial charge in [-0.2, -0.15) is 0 Å². The number of benzene rings is 1. The monoisotopic (exact) mass is 226 g/mol. The first-order valence-electron chi connectivity index (χ1n) is 4.37. The van der Waals surface area contributed by atoms with Crippen LogP contribution in [0.15, 0.2) is 30.3 Å². The second-order valence-electron chi connectivity index (χ2n) is 2.96. The van der Waals surface area contributed by atoms with Crippen molar-refractivity contribution in [2.24, 2.45) is 0 Å². The summed E-state index contributed by atoms with van der Waals surface area (Å²) >= 11 is 5.15. The number of hydrogen-bond donors (Lipinski definition) is 1. The molecule has 0 unspecified atom stereocenters. The molecule has 0 fully saturated rings. The topological polar surface area (TPSA) is 49.4 Å². The molecule has 0 heterocycles. The lowest BCUT2D eigenvalue weighted by Crippen LogP contribution is -2.37. The molecular weight excluding hydrogens is 216 g/mol. The minimum Gasteiger partial charge on any atom is -0.303 e. The molecular formula is C10H11ClN2O2. The summed E-state index contributed by atoms with van der Waals surface area (Å²) < 4.78 is 0. The first-order valence-corrected chi connectivity index (χ1v) is 4.75. The number of hydrogen-bond acceptors (Lipinski definition) is 2. The van der Waals surface area contributed by atoms with Crippen LogP contribution in [-0.4, -0.2) is 18.4 Å². The molecule has 80 valence electrons. The summed E-state index contributed by atoms with van der Waals surface area (Å²) in [7, 11) is 0. The number of para-hydroxylation sites is 1. The van der Waals surface area contributed by atoms with Gasteiger partial charge in [0.1, 0.15) is 6.54 Å². The van der Waals surface area contributed by atoms with E-state index in [2.05, 4.69) is 0 Å². The molecule has 0 saturated heterocycles. The summed E-state index contributed by atoms with van der Waals surface area (Å²) in [6.45, 7) is 1.32. The Kier molecular flexibility index (Phi) is 4.12. The molecule has 1 aromatic rings. The van der Waals surface area contributed by atoms with Gasteiger partial charge in [-0.15, -0.1) is 0 Å². The van der Waals surface area contributed by atoms with Crippen molar-refractivity contribution in [2.75, 3.05) is 11.4 Å². The van der Waals surface area contributed by atoms with Crippen molar-refractivity contribution in [3.05, 3.63) is 30.3 Å². The zero-order chi connectivity index (χ0) is 11.3. The van der Waals surface area contributed by atoms with Gasteiger partial charge in [0.15, 0.2) is 0 Å². The third kappa shape index (κ3) is 3.25. The van der Waals surface area contributed by atoms with Crippen LogP contribution in [0.25, 0.3) is 0 Å². The molecule has 5 heteroatoms. The molecule has 1 aromatic carbocycles. The van der Waals surface area contributed by atoms with Crippen molar-refractivity contribution in [2.45, 2.75) is 6.92 Å². The average molecular weight is 227 g/mol. The van der Waals surface area contributed by atoms with Crippen LogP contribution < -0.4 is 9.74 Å². The highest BCUT2D eigenvalue weighted by molar-refractivity contribution is 6.22. The molecule has 4 nitrogen and oxygen atoms in total. The van der Waals surface area contributed by atoms with E-state index in [0.29, 0.717) is 5.69 Å². The van der Waals surface area contributed by atoms with Crippen LogP contribution in [0.4, 0.5) is 5.69 Å². The lowest BCUT2D eigenvalue weighted by atomic mass is 10.3. The number of halogens is 1. The summed E-state index contributed by atoms with van der Waals surface area (Å²) in [5.41, 5.74) is 0.672. The van der Waals surface area contributed by atoms with Gasteiger partial charge in [-0.1, -0.05) is 18.2 Å². The van der Waals surface area contributed by atoms with E-state index in [1.165, 1.54) is 11.8 Å². The third-order valence-corrected chi connectivity index (χ3v) is 2.07. The van der Waals surface area contributed by atoms with Crippen LogP contribution >= 0.6 is 11.8 Å². The minimum absolute atomic E-state index is 0.0805. The highest BCUT2D eigenvalue weighted by Gasteiger charge is 2.14. The normalized spacial score (nSPS) is 9.47. The summed E-state index contributed by atoms with van der Waals surface area (Å²) in [6, 6.07) is 8.93. The zero-order valence-corrected chi connectivity index (χ0v) is 8.99. The number of nitrogens with zero attached hydrogens (tertiary/aromatic N) is 1. The predicted octanol–water partition coefficient (Wildman–Crippen LogP) is 1.31. The Morgan fingerprint density at radius 2 is 1.93 bits per heavy atom. The molecule has 0 spiro atoms. The first kappa shape index (κ1) is 11.5. The second kappa shape index (κ2) is 5.36. The molecule has 0 aliphatic heterocycles. The zero-order valence-electron chi connectivity index (χ0n) is 8.24. The van der Waals surface area contributed by atoms with E-state index in [0.717, 1.165) is 0 Å². The molecule has 0 aliphatic carbocycles. The van der Waals surface area contributed by atoms with Crippen molar-refractivity contribution in [3.8, 4) is 0 Å². The van der Waals surface area contributed by atoms with Gasteiger partial charge in [-0.3, -0.25) is 14.4 Å². The van der Waals surface area contributed by atoms with Gasteiger partial charge in [-0.05, 0) is 12.1 Å². The summed E-state index contributed by atoms with van der Waals surface area (Å²) in [5, 5.41) is 0. The molecule has 0 bridgehead atoms. The van der Waals surface area contributed by atoms with Crippen molar-refractivity contribution < 1.29 is 9.59 Å². The number of rotatable bonds is 3. The molecule has 1 rings (SSSR count). The Morgan fingerprint density at radius 3 is 2.40 bits per heavy atom. The number of anilines is 1. The summed E-state index contributed by atoms with van der Waals surface area (Å²) in [6.07, 6.45) is 0. The molecule has 0 saturated carbocycles. The van der Waals surface area contributed by atoms with E-state index >= 15 is 0 Å². The van der Waals surface area contributed by atoms with Crippen LogP contribution in [0.5, 0.6) is 0 Å². The van der Waals surface area contributed by atoms with Gasteiger partial charge in [0.2, 0.25) is 5.91 Å². The highest BCUT2D eigenvalue weighted by atomic mass is 35.5. The van der Waals surface area contributed by atoms with Gasteiger partial charge in [0.25, 0.3) is 5.91 Å².